The van der Waals surface area contributed by atoms with Crippen LogP contribution in [0.25, 0.3) is 11.4 Å². The van der Waals surface area contributed by atoms with Crippen molar-refractivity contribution in [3.05, 3.63) is 30.1 Å². The maximum absolute atomic E-state index is 5.98. The quantitative estimate of drug-likeness (QED) is 0.785. The van der Waals surface area contributed by atoms with Crippen molar-refractivity contribution in [2.24, 2.45) is 0 Å². The van der Waals surface area contributed by atoms with Gasteiger partial charge in [0.1, 0.15) is 5.69 Å². The van der Waals surface area contributed by atoms with Crippen molar-refractivity contribution in [2.75, 3.05) is 0 Å². The summed E-state index contributed by atoms with van der Waals surface area (Å²) in [5, 5.41) is 0.403. The minimum Gasteiger partial charge on any atom is -0.327 e. The smallest absolute Gasteiger partial charge is 0.156 e. The minimum atomic E-state index is 0.320. The molecule has 0 radical (unpaired) electrons. The van der Waals surface area contributed by atoms with Crippen LogP contribution in [0.1, 0.15) is 19.9 Å². The maximum Gasteiger partial charge on any atom is 0.156 e. The monoisotopic (exact) mass is 222 g/mol. The Morgan fingerprint density at radius 2 is 2.00 bits per heavy atom. The third-order valence-electron chi connectivity index (χ3n) is 2.12. The number of aromatic nitrogens is 4. The van der Waals surface area contributed by atoms with Crippen LogP contribution in [0.3, 0.4) is 0 Å². The lowest BCUT2D eigenvalue weighted by Crippen LogP contribution is -2.02. The van der Waals surface area contributed by atoms with Crippen molar-refractivity contribution in [1.82, 2.24) is 19.5 Å². The van der Waals surface area contributed by atoms with E-state index in [1.165, 1.54) is 0 Å². The predicted molar refractivity (Wildman–Crippen MR) is 58.6 cm³/mol. The van der Waals surface area contributed by atoms with Crippen LogP contribution in [0, 0.1) is 0 Å². The molecular weight excluding hydrogens is 212 g/mol. The highest BCUT2D eigenvalue weighted by molar-refractivity contribution is 6.31. The van der Waals surface area contributed by atoms with E-state index >= 15 is 0 Å². The molecule has 2 heterocycles. The number of nitrogens with zero attached hydrogens (tertiary/aromatic N) is 4. The Morgan fingerprint density at radius 3 is 2.67 bits per heavy atom. The lowest BCUT2D eigenvalue weighted by Gasteiger charge is -2.11. The molecule has 78 valence electrons. The van der Waals surface area contributed by atoms with Gasteiger partial charge in [-0.25, -0.2) is 15.0 Å². The van der Waals surface area contributed by atoms with Gasteiger partial charge < -0.3 is 4.57 Å². The Hall–Kier alpha value is -1.42. The molecule has 0 aliphatic heterocycles. The molecule has 0 N–H and O–H groups in total. The SMILES string of the molecule is CC(C)n1cncc1-c1nccnc1Cl. The first-order valence-corrected chi connectivity index (χ1v) is 5.06. The summed E-state index contributed by atoms with van der Waals surface area (Å²) in [5.74, 6) is 0. The third-order valence-corrected chi connectivity index (χ3v) is 2.40. The molecule has 0 spiro atoms. The Bertz CT molecular complexity index is 464. The summed E-state index contributed by atoms with van der Waals surface area (Å²) in [4.78, 5) is 12.3. The number of hydrogen-bond acceptors (Lipinski definition) is 3. The van der Waals surface area contributed by atoms with Crippen molar-refractivity contribution in [1.29, 1.82) is 0 Å². The van der Waals surface area contributed by atoms with E-state index < -0.39 is 0 Å². The van der Waals surface area contributed by atoms with Gasteiger partial charge in [-0.1, -0.05) is 11.6 Å². The second-order valence-electron chi connectivity index (χ2n) is 3.48. The number of rotatable bonds is 2. The second-order valence-corrected chi connectivity index (χ2v) is 3.83. The van der Waals surface area contributed by atoms with E-state index in [2.05, 4.69) is 28.8 Å². The molecule has 0 saturated carbocycles. The Morgan fingerprint density at radius 1 is 1.27 bits per heavy atom. The van der Waals surface area contributed by atoms with E-state index in [0.29, 0.717) is 16.9 Å². The molecule has 2 aromatic rings. The Kier molecular flexibility index (Phi) is 2.68. The molecular formula is C10H11ClN4. The van der Waals surface area contributed by atoms with Gasteiger partial charge in [0.2, 0.25) is 0 Å². The van der Waals surface area contributed by atoms with Crippen LogP contribution in [0.5, 0.6) is 0 Å². The fourth-order valence-electron chi connectivity index (χ4n) is 1.39. The van der Waals surface area contributed by atoms with E-state index in [9.17, 15) is 0 Å². The average Bonchev–Trinajstić information content (AvgIpc) is 2.67. The summed E-state index contributed by atoms with van der Waals surface area (Å²) < 4.78 is 2.01. The summed E-state index contributed by atoms with van der Waals surface area (Å²) in [5.41, 5.74) is 1.56. The molecule has 0 atom stereocenters. The van der Waals surface area contributed by atoms with Crippen LogP contribution < -0.4 is 0 Å². The lowest BCUT2D eigenvalue weighted by atomic mass is 10.3. The van der Waals surface area contributed by atoms with E-state index in [0.717, 1.165) is 5.69 Å². The number of halogens is 1. The van der Waals surface area contributed by atoms with Crippen molar-refractivity contribution in [2.45, 2.75) is 19.9 Å². The van der Waals surface area contributed by atoms with Gasteiger partial charge in [-0.2, -0.15) is 0 Å². The Balaban J connectivity index is 2.55. The zero-order valence-corrected chi connectivity index (χ0v) is 9.31. The van der Waals surface area contributed by atoms with E-state index in [1.54, 1.807) is 24.9 Å². The van der Waals surface area contributed by atoms with E-state index in [-0.39, 0.29) is 0 Å². The molecule has 0 aliphatic carbocycles. The summed E-state index contributed by atoms with van der Waals surface area (Å²) >= 11 is 5.98. The number of imidazole rings is 1. The zero-order chi connectivity index (χ0) is 10.8. The summed E-state index contributed by atoms with van der Waals surface area (Å²) in [6.07, 6.45) is 6.71. The molecule has 5 heteroatoms. The van der Waals surface area contributed by atoms with Gasteiger partial charge in [-0.3, -0.25) is 0 Å². The fraction of sp³-hybridized carbons (Fsp3) is 0.300. The van der Waals surface area contributed by atoms with Crippen LogP contribution in [-0.2, 0) is 0 Å². The molecule has 2 aromatic heterocycles. The van der Waals surface area contributed by atoms with Gasteiger partial charge in [0.25, 0.3) is 0 Å². The fourth-order valence-corrected chi connectivity index (χ4v) is 1.59. The number of hydrogen-bond donors (Lipinski definition) is 0. The Labute approximate surface area is 93.0 Å². The summed E-state index contributed by atoms with van der Waals surface area (Å²) in [6, 6.07) is 0.320. The summed E-state index contributed by atoms with van der Waals surface area (Å²) in [7, 11) is 0. The van der Waals surface area contributed by atoms with Gasteiger partial charge in [0.05, 0.1) is 18.2 Å². The second kappa shape index (κ2) is 3.98. The first-order valence-electron chi connectivity index (χ1n) is 4.69. The highest BCUT2D eigenvalue weighted by atomic mass is 35.5. The maximum atomic E-state index is 5.98. The predicted octanol–water partition coefficient (Wildman–Crippen LogP) is 2.57. The molecule has 2 rings (SSSR count). The van der Waals surface area contributed by atoms with Gasteiger partial charge in [-0.05, 0) is 13.8 Å². The van der Waals surface area contributed by atoms with Gasteiger partial charge in [-0.15, -0.1) is 0 Å². The molecule has 0 aromatic carbocycles. The van der Waals surface area contributed by atoms with Crippen LogP contribution in [0.4, 0.5) is 0 Å². The molecule has 0 bridgehead atoms. The van der Waals surface area contributed by atoms with Crippen LogP contribution in [0.15, 0.2) is 24.9 Å². The van der Waals surface area contributed by atoms with Crippen molar-refractivity contribution in [3.8, 4) is 11.4 Å². The molecule has 0 aliphatic rings. The highest BCUT2D eigenvalue weighted by Crippen LogP contribution is 2.24. The van der Waals surface area contributed by atoms with Crippen molar-refractivity contribution >= 4 is 11.6 Å². The third kappa shape index (κ3) is 1.85. The van der Waals surface area contributed by atoms with Crippen LogP contribution in [0.2, 0.25) is 5.15 Å². The molecule has 0 amide bonds. The first kappa shape index (κ1) is 10.1. The van der Waals surface area contributed by atoms with Gasteiger partial charge in [0, 0.05) is 18.4 Å². The van der Waals surface area contributed by atoms with E-state index in [4.69, 9.17) is 11.6 Å². The standard InChI is InChI=1S/C10H11ClN4/c1-7(2)15-6-12-5-8(15)9-10(11)14-4-3-13-9/h3-7H,1-2H3. The molecule has 4 nitrogen and oxygen atoms in total. The highest BCUT2D eigenvalue weighted by Gasteiger charge is 2.12. The molecule has 0 fully saturated rings. The first-order chi connectivity index (χ1) is 7.20. The summed E-state index contributed by atoms with van der Waals surface area (Å²) in [6.45, 7) is 4.16. The van der Waals surface area contributed by atoms with Crippen LogP contribution in [-0.4, -0.2) is 19.5 Å². The van der Waals surface area contributed by atoms with Gasteiger partial charge in [0.15, 0.2) is 5.15 Å². The normalized spacial score (nSPS) is 10.9. The largest absolute Gasteiger partial charge is 0.327 e. The lowest BCUT2D eigenvalue weighted by molar-refractivity contribution is 0.604. The molecule has 0 unspecified atom stereocenters. The average molecular weight is 223 g/mol. The zero-order valence-electron chi connectivity index (χ0n) is 8.55. The minimum absolute atomic E-state index is 0.320. The van der Waals surface area contributed by atoms with Crippen molar-refractivity contribution in [3.63, 3.8) is 0 Å². The van der Waals surface area contributed by atoms with Crippen molar-refractivity contribution < 1.29 is 0 Å². The van der Waals surface area contributed by atoms with Gasteiger partial charge >= 0.3 is 0 Å². The topological polar surface area (TPSA) is 43.6 Å². The molecule has 0 saturated heterocycles. The van der Waals surface area contributed by atoms with Crippen LogP contribution >= 0.6 is 11.6 Å². The molecule has 15 heavy (non-hydrogen) atoms. The van der Waals surface area contributed by atoms with E-state index in [1.807, 2.05) is 4.57 Å².